The number of nitrogens with zero attached hydrogens (tertiary/aromatic N) is 4. The van der Waals surface area contributed by atoms with Crippen LogP contribution in [-0.2, 0) is 16.4 Å². The number of non-ortho nitro benzene ring substituents is 1. The smallest absolute Gasteiger partial charge is 0.270 e. The van der Waals surface area contributed by atoms with Crippen LogP contribution in [-0.4, -0.2) is 61.6 Å². The SMILES string of the molecule is CN1CCNCC1c1noc(CCNS(=O)(=O)c2cccc([N+](=O)[O-])c2)n1.Cl. The van der Waals surface area contributed by atoms with E-state index in [4.69, 9.17) is 4.52 Å². The Balaban J connectivity index is 0.00000280. The summed E-state index contributed by atoms with van der Waals surface area (Å²) in [5.74, 6) is 0.881. The number of piperazine rings is 1. The molecule has 2 N–H and O–H groups in total. The van der Waals surface area contributed by atoms with Crippen molar-refractivity contribution in [1.82, 2.24) is 25.1 Å². The van der Waals surface area contributed by atoms with Crippen LogP contribution in [0.25, 0.3) is 0 Å². The van der Waals surface area contributed by atoms with Crippen LogP contribution < -0.4 is 10.0 Å². The van der Waals surface area contributed by atoms with Crippen molar-refractivity contribution in [2.45, 2.75) is 17.4 Å². The van der Waals surface area contributed by atoms with Crippen molar-refractivity contribution in [3.8, 4) is 0 Å². The molecule has 0 amide bonds. The molecule has 154 valence electrons. The van der Waals surface area contributed by atoms with Crippen molar-refractivity contribution < 1.29 is 17.9 Å². The number of nitro groups is 1. The summed E-state index contributed by atoms with van der Waals surface area (Å²) in [5.41, 5.74) is -0.287. The van der Waals surface area contributed by atoms with Crippen LogP contribution in [0.2, 0.25) is 0 Å². The lowest BCUT2D eigenvalue weighted by Crippen LogP contribution is -2.44. The van der Waals surface area contributed by atoms with E-state index in [0.29, 0.717) is 11.7 Å². The van der Waals surface area contributed by atoms with Gasteiger partial charge in [0, 0.05) is 44.7 Å². The third-order valence-corrected chi connectivity index (χ3v) is 5.72. The number of sulfonamides is 1. The molecule has 1 saturated heterocycles. The average molecular weight is 433 g/mol. The zero-order valence-corrected chi connectivity index (χ0v) is 16.7. The fourth-order valence-electron chi connectivity index (χ4n) is 2.74. The molecule has 11 nitrogen and oxygen atoms in total. The number of rotatable bonds is 7. The Labute approximate surface area is 168 Å². The number of halogens is 1. The van der Waals surface area contributed by atoms with E-state index in [9.17, 15) is 18.5 Å². The van der Waals surface area contributed by atoms with Gasteiger partial charge in [0.25, 0.3) is 5.69 Å². The first-order chi connectivity index (χ1) is 12.9. The monoisotopic (exact) mass is 432 g/mol. The minimum Gasteiger partial charge on any atom is -0.339 e. The van der Waals surface area contributed by atoms with Crippen LogP contribution in [0.4, 0.5) is 5.69 Å². The lowest BCUT2D eigenvalue weighted by atomic mass is 10.2. The van der Waals surface area contributed by atoms with Crippen LogP contribution in [0.15, 0.2) is 33.7 Å². The Morgan fingerprint density at radius 3 is 2.96 bits per heavy atom. The second-order valence-electron chi connectivity index (χ2n) is 6.15. The van der Waals surface area contributed by atoms with Gasteiger partial charge >= 0.3 is 0 Å². The van der Waals surface area contributed by atoms with Gasteiger partial charge in [-0.25, -0.2) is 13.1 Å². The maximum Gasteiger partial charge on any atom is 0.270 e. The van der Waals surface area contributed by atoms with E-state index in [0.717, 1.165) is 25.7 Å². The second-order valence-corrected chi connectivity index (χ2v) is 7.92. The van der Waals surface area contributed by atoms with Gasteiger partial charge in [0.05, 0.1) is 15.9 Å². The molecule has 3 rings (SSSR count). The summed E-state index contributed by atoms with van der Waals surface area (Å²) < 4.78 is 32.1. The summed E-state index contributed by atoms with van der Waals surface area (Å²) in [4.78, 5) is 16.4. The lowest BCUT2D eigenvalue weighted by Gasteiger charge is -2.30. The molecule has 1 aromatic heterocycles. The molecule has 0 bridgehead atoms. The molecular weight excluding hydrogens is 412 g/mol. The predicted molar refractivity (Wildman–Crippen MR) is 102 cm³/mol. The minimum atomic E-state index is -3.87. The highest BCUT2D eigenvalue weighted by Crippen LogP contribution is 2.18. The summed E-state index contributed by atoms with van der Waals surface area (Å²) in [6.07, 6.45) is 0.213. The van der Waals surface area contributed by atoms with Crippen molar-refractivity contribution in [2.75, 3.05) is 33.2 Å². The highest BCUT2D eigenvalue weighted by atomic mass is 35.5. The zero-order chi connectivity index (χ0) is 19.4. The first-order valence-corrected chi connectivity index (χ1v) is 9.83. The van der Waals surface area contributed by atoms with E-state index in [-0.39, 0.29) is 42.0 Å². The van der Waals surface area contributed by atoms with Gasteiger partial charge in [-0.2, -0.15) is 4.98 Å². The average Bonchev–Trinajstić information content (AvgIpc) is 3.10. The normalized spacial score (nSPS) is 17.8. The molecule has 2 aromatic rings. The third kappa shape index (κ3) is 5.23. The molecule has 13 heteroatoms. The number of likely N-dealkylation sites (N-methyl/N-ethyl adjacent to an activating group) is 1. The van der Waals surface area contributed by atoms with Gasteiger partial charge in [-0.15, -0.1) is 12.4 Å². The van der Waals surface area contributed by atoms with Crippen molar-refractivity contribution in [1.29, 1.82) is 0 Å². The van der Waals surface area contributed by atoms with E-state index in [1.165, 1.54) is 18.2 Å². The van der Waals surface area contributed by atoms with Gasteiger partial charge in [-0.3, -0.25) is 15.0 Å². The molecule has 1 atom stereocenters. The summed E-state index contributed by atoms with van der Waals surface area (Å²) in [6, 6.07) is 4.88. The minimum absolute atomic E-state index is 0. The van der Waals surface area contributed by atoms with E-state index >= 15 is 0 Å². The maximum atomic E-state index is 12.3. The summed E-state index contributed by atoms with van der Waals surface area (Å²) in [7, 11) is -1.89. The molecule has 28 heavy (non-hydrogen) atoms. The van der Waals surface area contributed by atoms with Crippen molar-refractivity contribution in [2.24, 2.45) is 0 Å². The highest BCUT2D eigenvalue weighted by molar-refractivity contribution is 7.89. The van der Waals surface area contributed by atoms with Gasteiger partial charge in [0.1, 0.15) is 0 Å². The number of benzene rings is 1. The summed E-state index contributed by atoms with van der Waals surface area (Å²) >= 11 is 0. The molecule has 0 radical (unpaired) electrons. The number of aromatic nitrogens is 2. The molecular formula is C15H21ClN6O5S. The van der Waals surface area contributed by atoms with Crippen molar-refractivity contribution in [3.05, 3.63) is 46.1 Å². The number of nitro benzene ring substituents is 1. The fourth-order valence-corrected chi connectivity index (χ4v) is 3.81. The molecule has 1 aromatic carbocycles. The van der Waals surface area contributed by atoms with Crippen LogP contribution in [0, 0.1) is 10.1 Å². The van der Waals surface area contributed by atoms with Crippen LogP contribution in [0.1, 0.15) is 17.8 Å². The molecule has 2 heterocycles. The fraction of sp³-hybridized carbons (Fsp3) is 0.467. The molecule has 0 saturated carbocycles. The topological polar surface area (TPSA) is 144 Å². The predicted octanol–water partition coefficient (Wildman–Crippen LogP) is 0.497. The van der Waals surface area contributed by atoms with Gasteiger partial charge in [-0.05, 0) is 13.1 Å². The maximum absolute atomic E-state index is 12.3. The summed E-state index contributed by atoms with van der Waals surface area (Å²) in [6.45, 7) is 2.52. The van der Waals surface area contributed by atoms with Crippen molar-refractivity contribution in [3.63, 3.8) is 0 Å². The first-order valence-electron chi connectivity index (χ1n) is 8.34. The Morgan fingerprint density at radius 2 is 2.25 bits per heavy atom. The Kier molecular flexibility index (Phi) is 7.43. The van der Waals surface area contributed by atoms with Gasteiger partial charge in [-0.1, -0.05) is 11.2 Å². The standard InChI is InChI=1S/C15H20N6O5S.ClH/c1-20-8-7-16-10-13(20)15-18-14(26-19-15)5-6-17-27(24,25)12-4-2-3-11(9-12)21(22)23;/h2-4,9,13,16-17H,5-8,10H2,1H3;1H. The van der Waals surface area contributed by atoms with Crippen LogP contribution >= 0.6 is 12.4 Å². The first kappa shape index (κ1) is 22.2. The third-order valence-electron chi connectivity index (χ3n) is 4.26. The van der Waals surface area contributed by atoms with Crippen LogP contribution in [0.3, 0.4) is 0 Å². The zero-order valence-electron chi connectivity index (χ0n) is 15.1. The van der Waals surface area contributed by atoms with E-state index in [1.54, 1.807) is 0 Å². The summed E-state index contributed by atoms with van der Waals surface area (Å²) in [5, 5.41) is 18.0. The Morgan fingerprint density at radius 1 is 1.46 bits per heavy atom. The number of nitrogens with one attached hydrogen (secondary N) is 2. The van der Waals surface area contributed by atoms with E-state index in [2.05, 4.69) is 25.1 Å². The quantitative estimate of drug-likeness (QED) is 0.471. The van der Waals surface area contributed by atoms with Crippen molar-refractivity contribution >= 4 is 28.1 Å². The number of hydrogen-bond acceptors (Lipinski definition) is 9. The molecule has 0 spiro atoms. The molecule has 1 aliphatic rings. The van der Waals surface area contributed by atoms with Gasteiger partial charge < -0.3 is 9.84 Å². The Bertz CT molecular complexity index is 921. The lowest BCUT2D eigenvalue weighted by molar-refractivity contribution is -0.385. The van der Waals surface area contributed by atoms with E-state index < -0.39 is 14.9 Å². The van der Waals surface area contributed by atoms with Crippen LogP contribution in [0.5, 0.6) is 0 Å². The Hall–Kier alpha value is -2.12. The van der Waals surface area contributed by atoms with Gasteiger partial charge in [0.2, 0.25) is 15.9 Å². The highest BCUT2D eigenvalue weighted by Gasteiger charge is 2.25. The number of hydrogen-bond donors (Lipinski definition) is 2. The molecule has 1 aliphatic heterocycles. The second kappa shape index (κ2) is 9.39. The molecule has 1 fully saturated rings. The van der Waals surface area contributed by atoms with Gasteiger partial charge in [0.15, 0.2) is 5.82 Å². The largest absolute Gasteiger partial charge is 0.339 e. The molecule has 1 unspecified atom stereocenters. The molecule has 0 aliphatic carbocycles. The van der Waals surface area contributed by atoms with E-state index in [1.807, 2.05) is 7.05 Å².